The number of likely N-dealkylation sites (tertiary alicyclic amines) is 1. The second kappa shape index (κ2) is 7.15. The summed E-state index contributed by atoms with van der Waals surface area (Å²) in [5, 5.41) is 0. The molecule has 0 saturated carbocycles. The van der Waals surface area contributed by atoms with Crippen LogP contribution in [0.25, 0.3) is 0 Å². The molecule has 3 nitrogen and oxygen atoms in total. The summed E-state index contributed by atoms with van der Waals surface area (Å²) in [5.74, 6) is -0.181. The Labute approximate surface area is 86.1 Å². The standard InChI is InChI=1S/C9H18N2O.ClH/c10-9(12)5-8-11-6-3-1-2-4-7-11;/h1-8H2,(H2,10,12);1H. The van der Waals surface area contributed by atoms with Gasteiger partial charge in [-0.3, -0.25) is 4.79 Å². The number of carbonyl (C=O) groups excluding carboxylic acids is 1. The van der Waals surface area contributed by atoms with Gasteiger partial charge in [-0.1, -0.05) is 12.8 Å². The highest BCUT2D eigenvalue weighted by Gasteiger charge is 2.08. The lowest BCUT2D eigenvalue weighted by molar-refractivity contribution is -0.118. The summed E-state index contributed by atoms with van der Waals surface area (Å²) in [5.41, 5.74) is 5.08. The minimum absolute atomic E-state index is 0. The maximum Gasteiger partial charge on any atom is 0.218 e. The number of primary amides is 1. The average Bonchev–Trinajstić information content (AvgIpc) is 2.28. The minimum Gasteiger partial charge on any atom is -0.370 e. The Bertz CT molecular complexity index is 145. The van der Waals surface area contributed by atoms with Crippen molar-refractivity contribution in [2.75, 3.05) is 19.6 Å². The van der Waals surface area contributed by atoms with Gasteiger partial charge in [0, 0.05) is 13.0 Å². The third-order valence-electron chi connectivity index (χ3n) is 2.37. The smallest absolute Gasteiger partial charge is 0.218 e. The van der Waals surface area contributed by atoms with Crippen molar-refractivity contribution < 1.29 is 4.79 Å². The predicted octanol–water partition coefficient (Wildman–Crippen LogP) is 1.16. The fraction of sp³-hybridized carbons (Fsp3) is 0.889. The van der Waals surface area contributed by atoms with Crippen LogP contribution in [0.2, 0.25) is 0 Å². The van der Waals surface area contributed by atoms with Gasteiger partial charge in [-0.05, 0) is 25.9 Å². The van der Waals surface area contributed by atoms with Crippen LogP contribution in [0.5, 0.6) is 0 Å². The first-order valence-corrected chi connectivity index (χ1v) is 4.80. The Morgan fingerprint density at radius 3 is 2.15 bits per heavy atom. The van der Waals surface area contributed by atoms with Gasteiger partial charge in [-0.15, -0.1) is 12.4 Å². The van der Waals surface area contributed by atoms with E-state index in [4.69, 9.17) is 5.73 Å². The van der Waals surface area contributed by atoms with E-state index >= 15 is 0 Å². The molecule has 2 N–H and O–H groups in total. The summed E-state index contributed by atoms with van der Waals surface area (Å²) < 4.78 is 0. The van der Waals surface area contributed by atoms with Gasteiger partial charge >= 0.3 is 0 Å². The molecule has 0 aromatic heterocycles. The average molecular weight is 207 g/mol. The Kier molecular flexibility index (Phi) is 7.00. The number of nitrogens with two attached hydrogens (primary N) is 1. The van der Waals surface area contributed by atoms with Crippen LogP contribution in [0.4, 0.5) is 0 Å². The Morgan fingerprint density at radius 1 is 1.15 bits per heavy atom. The zero-order chi connectivity index (χ0) is 8.81. The van der Waals surface area contributed by atoms with Crippen molar-refractivity contribution in [2.45, 2.75) is 32.1 Å². The largest absolute Gasteiger partial charge is 0.370 e. The molecular weight excluding hydrogens is 188 g/mol. The van der Waals surface area contributed by atoms with Crippen molar-refractivity contribution in [2.24, 2.45) is 5.73 Å². The van der Waals surface area contributed by atoms with E-state index in [-0.39, 0.29) is 18.3 Å². The van der Waals surface area contributed by atoms with Crippen molar-refractivity contribution in [1.29, 1.82) is 0 Å². The molecule has 0 atom stereocenters. The monoisotopic (exact) mass is 206 g/mol. The van der Waals surface area contributed by atoms with Crippen LogP contribution in [0.15, 0.2) is 0 Å². The highest BCUT2D eigenvalue weighted by atomic mass is 35.5. The van der Waals surface area contributed by atoms with Gasteiger partial charge in [0.2, 0.25) is 5.91 Å². The van der Waals surface area contributed by atoms with Gasteiger partial charge in [0.05, 0.1) is 0 Å². The van der Waals surface area contributed by atoms with Crippen LogP contribution < -0.4 is 5.73 Å². The van der Waals surface area contributed by atoms with E-state index in [0.717, 1.165) is 19.6 Å². The van der Waals surface area contributed by atoms with Gasteiger partial charge in [0.25, 0.3) is 0 Å². The topological polar surface area (TPSA) is 46.3 Å². The van der Waals surface area contributed by atoms with E-state index in [9.17, 15) is 4.79 Å². The van der Waals surface area contributed by atoms with Crippen LogP contribution in [0.3, 0.4) is 0 Å². The van der Waals surface area contributed by atoms with Crippen molar-refractivity contribution in [3.63, 3.8) is 0 Å². The van der Waals surface area contributed by atoms with Gasteiger partial charge in [-0.25, -0.2) is 0 Å². The van der Waals surface area contributed by atoms with Crippen molar-refractivity contribution in [1.82, 2.24) is 4.90 Å². The number of nitrogens with zero attached hydrogens (tertiary/aromatic N) is 1. The van der Waals surface area contributed by atoms with Gasteiger partial charge in [-0.2, -0.15) is 0 Å². The quantitative estimate of drug-likeness (QED) is 0.754. The SMILES string of the molecule is Cl.NC(=O)CCN1CCCCCC1. The third-order valence-corrected chi connectivity index (χ3v) is 2.37. The second-order valence-corrected chi connectivity index (χ2v) is 3.47. The molecule has 0 aliphatic carbocycles. The lowest BCUT2D eigenvalue weighted by Gasteiger charge is -2.18. The lowest BCUT2D eigenvalue weighted by Crippen LogP contribution is -2.28. The molecule has 1 aliphatic heterocycles. The molecule has 1 saturated heterocycles. The summed E-state index contributed by atoms with van der Waals surface area (Å²) >= 11 is 0. The molecule has 13 heavy (non-hydrogen) atoms. The number of carbonyl (C=O) groups is 1. The van der Waals surface area contributed by atoms with Crippen molar-refractivity contribution in [3.8, 4) is 0 Å². The van der Waals surface area contributed by atoms with Crippen molar-refractivity contribution in [3.05, 3.63) is 0 Å². The summed E-state index contributed by atoms with van der Waals surface area (Å²) in [6.45, 7) is 3.15. The Morgan fingerprint density at radius 2 is 1.69 bits per heavy atom. The highest BCUT2D eigenvalue weighted by molar-refractivity contribution is 5.85. The summed E-state index contributed by atoms with van der Waals surface area (Å²) in [6.07, 6.45) is 5.75. The second-order valence-electron chi connectivity index (χ2n) is 3.47. The normalized spacial score (nSPS) is 18.8. The molecule has 0 radical (unpaired) electrons. The fourth-order valence-corrected chi connectivity index (χ4v) is 1.63. The first-order valence-electron chi connectivity index (χ1n) is 4.80. The van der Waals surface area contributed by atoms with E-state index in [0.29, 0.717) is 6.42 Å². The highest BCUT2D eigenvalue weighted by Crippen LogP contribution is 2.09. The molecule has 0 aromatic carbocycles. The molecule has 0 spiro atoms. The predicted molar refractivity (Wildman–Crippen MR) is 56.0 cm³/mol. The Hall–Kier alpha value is -0.280. The molecule has 1 aliphatic rings. The first-order chi connectivity index (χ1) is 5.79. The first kappa shape index (κ1) is 12.7. The summed E-state index contributed by atoms with van der Waals surface area (Å²) in [4.78, 5) is 12.9. The van der Waals surface area contributed by atoms with Crippen LogP contribution in [-0.4, -0.2) is 30.4 Å². The number of hydrogen-bond donors (Lipinski definition) is 1. The van der Waals surface area contributed by atoms with Gasteiger partial charge < -0.3 is 10.6 Å². The number of amides is 1. The van der Waals surface area contributed by atoms with E-state index in [1.807, 2.05) is 0 Å². The van der Waals surface area contributed by atoms with E-state index in [2.05, 4.69) is 4.90 Å². The number of halogens is 1. The molecule has 1 fully saturated rings. The molecule has 78 valence electrons. The molecule has 1 rings (SSSR count). The Balaban J connectivity index is 0.00000144. The molecule has 0 unspecified atom stereocenters. The maximum atomic E-state index is 10.5. The number of rotatable bonds is 3. The lowest BCUT2D eigenvalue weighted by atomic mass is 10.2. The van der Waals surface area contributed by atoms with Crippen LogP contribution in [-0.2, 0) is 4.79 Å². The van der Waals surface area contributed by atoms with Gasteiger partial charge in [0.15, 0.2) is 0 Å². The molecule has 1 amide bonds. The minimum atomic E-state index is -0.181. The number of hydrogen-bond acceptors (Lipinski definition) is 2. The molecule has 1 heterocycles. The third kappa shape index (κ3) is 5.88. The molecule has 0 aromatic rings. The zero-order valence-corrected chi connectivity index (χ0v) is 8.81. The van der Waals surface area contributed by atoms with Gasteiger partial charge in [0.1, 0.15) is 0 Å². The van der Waals surface area contributed by atoms with Crippen LogP contribution in [0, 0.1) is 0 Å². The summed E-state index contributed by atoms with van der Waals surface area (Å²) in [7, 11) is 0. The van der Waals surface area contributed by atoms with E-state index < -0.39 is 0 Å². The van der Waals surface area contributed by atoms with Crippen LogP contribution in [0.1, 0.15) is 32.1 Å². The van der Waals surface area contributed by atoms with Crippen molar-refractivity contribution >= 4 is 18.3 Å². The van der Waals surface area contributed by atoms with Crippen LogP contribution >= 0.6 is 12.4 Å². The summed E-state index contributed by atoms with van der Waals surface area (Å²) in [6, 6.07) is 0. The zero-order valence-electron chi connectivity index (χ0n) is 8.00. The molecular formula is C9H19ClN2O. The molecule has 4 heteroatoms. The van der Waals surface area contributed by atoms with E-state index in [1.165, 1.54) is 25.7 Å². The fourth-order valence-electron chi connectivity index (χ4n) is 1.63. The molecule has 0 bridgehead atoms. The maximum absolute atomic E-state index is 10.5. The van der Waals surface area contributed by atoms with E-state index in [1.54, 1.807) is 0 Å².